The van der Waals surface area contributed by atoms with Gasteiger partial charge in [0, 0.05) is 24.9 Å². The highest BCUT2D eigenvalue weighted by Crippen LogP contribution is 2.28. The van der Waals surface area contributed by atoms with E-state index in [4.69, 9.17) is 0 Å². The molecule has 3 N–H and O–H groups in total. The van der Waals surface area contributed by atoms with Gasteiger partial charge in [0.05, 0.1) is 6.54 Å². The van der Waals surface area contributed by atoms with E-state index >= 15 is 0 Å². The number of carbonyl (C=O) groups excluding carboxylic acids is 3. The molecule has 0 radical (unpaired) electrons. The highest BCUT2D eigenvalue weighted by Gasteiger charge is 2.29. The second kappa shape index (κ2) is 6.54. The molecular weight excluding hydrogens is 246 g/mol. The van der Waals surface area contributed by atoms with Crippen LogP contribution in [0.15, 0.2) is 0 Å². The third kappa shape index (κ3) is 5.72. The smallest absolute Gasteiger partial charge is 0.239 e. The molecule has 0 atom stereocenters. The normalized spacial score (nSPS) is 17.7. The van der Waals surface area contributed by atoms with E-state index < -0.39 is 0 Å². The molecule has 0 aromatic rings. The zero-order valence-corrected chi connectivity index (χ0v) is 11.0. The maximum Gasteiger partial charge on any atom is 0.239 e. The Morgan fingerprint density at radius 2 is 1.68 bits per heavy atom. The Bertz CT molecular complexity index is 362. The Hall–Kier alpha value is -1.59. The van der Waals surface area contributed by atoms with Crippen LogP contribution in [0.5, 0.6) is 0 Å². The summed E-state index contributed by atoms with van der Waals surface area (Å²) in [5.74, 6) is 0.0358. The topological polar surface area (TPSA) is 87.3 Å². The maximum absolute atomic E-state index is 11.4. The van der Waals surface area contributed by atoms with Gasteiger partial charge >= 0.3 is 0 Å². The standard InChI is InChI=1S/C13H21N3O3/c17-11(15-8-12(18)16-10-5-6-10)2-1-7-14-13(19)9-3-4-9/h9-10H,1-8H2,(H,14,19)(H,15,17)(H,16,18). The number of hydrogen-bond acceptors (Lipinski definition) is 3. The van der Waals surface area contributed by atoms with E-state index in [1.165, 1.54) is 0 Å². The fourth-order valence-electron chi connectivity index (χ4n) is 1.72. The van der Waals surface area contributed by atoms with Crippen LogP contribution in [0, 0.1) is 5.92 Å². The van der Waals surface area contributed by atoms with Gasteiger partial charge in [0.2, 0.25) is 17.7 Å². The molecule has 2 rings (SSSR count). The summed E-state index contributed by atoms with van der Waals surface area (Å²) < 4.78 is 0. The average Bonchev–Trinajstić information content (AvgIpc) is 3.24. The predicted molar refractivity (Wildman–Crippen MR) is 69.1 cm³/mol. The van der Waals surface area contributed by atoms with Crippen LogP contribution < -0.4 is 16.0 Å². The van der Waals surface area contributed by atoms with Crippen LogP contribution >= 0.6 is 0 Å². The first-order chi connectivity index (χ1) is 9.15. The van der Waals surface area contributed by atoms with Crippen LogP contribution in [0.4, 0.5) is 0 Å². The van der Waals surface area contributed by atoms with E-state index in [-0.39, 0.29) is 30.2 Å². The minimum atomic E-state index is -0.147. The minimum absolute atomic E-state index is 0.0454. The van der Waals surface area contributed by atoms with Gasteiger partial charge in [-0.2, -0.15) is 0 Å². The quantitative estimate of drug-likeness (QED) is 0.527. The van der Waals surface area contributed by atoms with Crippen LogP contribution in [0.1, 0.15) is 38.5 Å². The molecule has 0 unspecified atom stereocenters. The van der Waals surface area contributed by atoms with Gasteiger partial charge in [-0.15, -0.1) is 0 Å². The van der Waals surface area contributed by atoms with Crippen LogP contribution in [0.2, 0.25) is 0 Å². The van der Waals surface area contributed by atoms with E-state index in [1.807, 2.05) is 0 Å². The summed E-state index contributed by atoms with van der Waals surface area (Å²) in [6, 6.07) is 0.321. The molecule has 0 saturated heterocycles. The Morgan fingerprint density at radius 3 is 2.32 bits per heavy atom. The Kier molecular flexibility index (Phi) is 4.76. The van der Waals surface area contributed by atoms with Crippen molar-refractivity contribution in [1.82, 2.24) is 16.0 Å². The Morgan fingerprint density at radius 1 is 0.947 bits per heavy atom. The maximum atomic E-state index is 11.4. The Labute approximate surface area is 112 Å². The summed E-state index contributed by atoms with van der Waals surface area (Å²) in [6.07, 6.45) is 5.00. The summed E-state index contributed by atoms with van der Waals surface area (Å²) in [7, 11) is 0. The lowest BCUT2D eigenvalue weighted by Gasteiger charge is -2.06. The lowest BCUT2D eigenvalue weighted by Crippen LogP contribution is -2.38. The van der Waals surface area contributed by atoms with E-state index in [2.05, 4.69) is 16.0 Å². The first-order valence-corrected chi connectivity index (χ1v) is 6.99. The van der Waals surface area contributed by atoms with Gasteiger partial charge in [-0.3, -0.25) is 14.4 Å². The van der Waals surface area contributed by atoms with Crippen molar-refractivity contribution in [1.29, 1.82) is 0 Å². The van der Waals surface area contributed by atoms with E-state index in [9.17, 15) is 14.4 Å². The SMILES string of the molecule is O=C(CCCNC(=O)C1CC1)NCC(=O)NC1CC1. The molecule has 19 heavy (non-hydrogen) atoms. The number of nitrogens with one attached hydrogen (secondary N) is 3. The molecule has 2 aliphatic rings. The minimum Gasteiger partial charge on any atom is -0.356 e. The molecule has 6 nitrogen and oxygen atoms in total. The average molecular weight is 267 g/mol. The van der Waals surface area contributed by atoms with Gasteiger partial charge in [0.25, 0.3) is 0 Å². The van der Waals surface area contributed by atoms with E-state index in [0.29, 0.717) is 25.4 Å². The second-order valence-electron chi connectivity index (χ2n) is 5.29. The number of rotatable bonds is 8. The third-order valence-electron chi connectivity index (χ3n) is 3.22. The summed E-state index contributed by atoms with van der Waals surface area (Å²) in [4.78, 5) is 34.1. The monoisotopic (exact) mass is 267 g/mol. The van der Waals surface area contributed by atoms with Crippen molar-refractivity contribution in [2.24, 2.45) is 5.92 Å². The zero-order valence-electron chi connectivity index (χ0n) is 11.0. The van der Waals surface area contributed by atoms with E-state index in [1.54, 1.807) is 0 Å². The lowest BCUT2D eigenvalue weighted by molar-refractivity contribution is -0.126. The fraction of sp³-hybridized carbons (Fsp3) is 0.769. The van der Waals surface area contributed by atoms with Gasteiger partial charge < -0.3 is 16.0 Å². The molecule has 0 spiro atoms. The molecule has 0 bridgehead atoms. The van der Waals surface area contributed by atoms with Crippen molar-refractivity contribution < 1.29 is 14.4 Å². The molecule has 6 heteroatoms. The largest absolute Gasteiger partial charge is 0.356 e. The van der Waals surface area contributed by atoms with Crippen molar-refractivity contribution in [3.05, 3.63) is 0 Å². The summed E-state index contributed by atoms with van der Waals surface area (Å²) in [5, 5.41) is 8.18. The summed E-state index contributed by atoms with van der Waals surface area (Å²) in [5.41, 5.74) is 0. The summed E-state index contributed by atoms with van der Waals surface area (Å²) in [6.45, 7) is 0.570. The Balaban J connectivity index is 1.44. The molecule has 0 heterocycles. The first kappa shape index (κ1) is 13.8. The highest BCUT2D eigenvalue weighted by atomic mass is 16.2. The van der Waals surface area contributed by atoms with Crippen LogP contribution in [0.3, 0.4) is 0 Å². The van der Waals surface area contributed by atoms with Crippen molar-refractivity contribution in [3.63, 3.8) is 0 Å². The van der Waals surface area contributed by atoms with Gasteiger partial charge in [0.15, 0.2) is 0 Å². The van der Waals surface area contributed by atoms with E-state index in [0.717, 1.165) is 25.7 Å². The molecule has 3 amide bonds. The van der Waals surface area contributed by atoms with Gasteiger partial charge in [-0.1, -0.05) is 0 Å². The van der Waals surface area contributed by atoms with Crippen LogP contribution in [-0.2, 0) is 14.4 Å². The van der Waals surface area contributed by atoms with Crippen molar-refractivity contribution in [2.45, 2.75) is 44.6 Å². The third-order valence-corrected chi connectivity index (χ3v) is 3.22. The number of carbonyl (C=O) groups is 3. The number of amides is 3. The fourth-order valence-corrected chi connectivity index (χ4v) is 1.72. The van der Waals surface area contributed by atoms with Crippen LogP contribution in [-0.4, -0.2) is 36.9 Å². The lowest BCUT2D eigenvalue weighted by atomic mass is 10.3. The second-order valence-corrected chi connectivity index (χ2v) is 5.29. The first-order valence-electron chi connectivity index (χ1n) is 6.99. The predicted octanol–water partition coefficient (Wildman–Crippen LogP) is -0.312. The molecule has 0 aliphatic heterocycles. The molecule has 2 saturated carbocycles. The highest BCUT2D eigenvalue weighted by molar-refractivity contribution is 5.85. The zero-order chi connectivity index (χ0) is 13.7. The molecule has 2 aliphatic carbocycles. The van der Waals surface area contributed by atoms with Gasteiger partial charge in [-0.05, 0) is 32.1 Å². The molecule has 0 aromatic heterocycles. The number of hydrogen-bond donors (Lipinski definition) is 3. The van der Waals surface area contributed by atoms with Crippen molar-refractivity contribution >= 4 is 17.7 Å². The van der Waals surface area contributed by atoms with Crippen LogP contribution in [0.25, 0.3) is 0 Å². The molecular formula is C13H21N3O3. The van der Waals surface area contributed by atoms with Gasteiger partial charge in [0.1, 0.15) is 0 Å². The van der Waals surface area contributed by atoms with Crippen molar-refractivity contribution in [2.75, 3.05) is 13.1 Å². The molecule has 0 aromatic carbocycles. The molecule has 106 valence electrons. The van der Waals surface area contributed by atoms with Gasteiger partial charge in [-0.25, -0.2) is 0 Å². The molecule has 2 fully saturated rings. The summed E-state index contributed by atoms with van der Waals surface area (Å²) >= 11 is 0. The van der Waals surface area contributed by atoms with Crippen molar-refractivity contribution in [3.8, 4) is 0 Å².